The van der Waals surface area contributed by atoms with Crippen LogP contribution in [0.5, 0.6) is 11.5 Å². The molecular formula is C27H23Br2Cl2N3O3. The molecule has 0 aliphatic rings. The number of hydrogen-bond acceptors (Lipinski definition) is 5. The van der Waals surface area contributed by atoms with Crippen LogP contribution in [0.4, 0.5) is 0 Å². The topological polar surface area (TPSA) is 65.7 Å². The summed E-state index contributed by atoms with van der Waals surface area (Å²) in [6.07, 6.45) is 4.12. The van der Waals surface area contributed by atoms with Crippen LogP contribution in [-0.4, -0.2) is 23.0 Å². The van der Waals surface area contributed by atoms with Gasteiger partial charge in [-0.3, -0.25) is 4.79 Å². The molecule has 0 atom stereocenters. The lowest BCUT2D eigenvalue weighted by Crippen LogP contribution is -2.22. The monoisotopic (exact) mass is 665 g/mol. The molecule has 0 saturated carbocycles. The molecule has 4 aromatic rings. The van der Waals surface area contributed by atoms with Crippen LogP contribution in [0.15, 0.2) is 67.4 Å². The molecule has 6 nitrogen and oxygen atoms in total. The van der Waals surface area contributed by atoms with Gasteiger partial charge in [-0.2, -0.15) is 9.78 Å². The van der Waals surface area contributed by atoms with Gasteiger partial charge in [0.05, 0.1) is 34.3 Å². The quantitative estimate of drug-likeness (QED) is 0.170. The van der Waals surface area contributed by atoms with Crippen molar-refractivity contribution in [2.75, 3.05) is 7.11 Å². The highest BCUT2D eigenvalue weighted by atomic mass is 79.9. The molecule has 0 amide bonds. The standard InChI is InChI=1S/C27H23Br2Cl2N3O3/c1-3-4-5-26-33-23-9-7-18(28)12-19(23)27(35)34(26)32-14-17-11-24(36-2)25(13-20(17)29)37-15-16-6-8-21(30)22(31)10-16/h6-14H,3-5,15H2,1-2H3. The first-order valence-corrected chi connectivity index (χ1v) is 13.8. The first-order valence-electron chi connectivity index (χ1n) is 11.5. The summed E-state index contributed by atoms with van der Waals surface area (Å²) in [5.74, 6) is 1.67. The number of aromatic nitrogens is 2. The minimum absolute atomic E-state index is 0.224. The molecule has 0 unspecified atom stereocenters. The molecule has 0 spiro atoms. The fourth-order valence-electron chi connectivity index (χ4n) is 3.64. The predicted octanol–water partition coefficient (Wildman–Crippen LogP) is 8.04. The van der Waals surface area contributed by atoms with Gasteiger partial charge < -0.3 is 9.47 Å². The molecule has 4 rings (SSSR count). The molecule has 0 radical (unpaired) electrons. The molecule has 37 heavy (non-hydrogen) atoms. The summed E-state index contributed by atoms with van der Waals surface area (Å²) in [5, 5.41) is 5.98. The maximum Gasteiger partial charge on any atom is 0.282 e. The fraction of sp³-hybridized carbons (Fsp3) is 0.222. The van der Waals surface area contributed by atoms with Gasteiger partial charge in [-0.1, -0.05) is 58.5 Å². The van der Waals surface area contributed by atoms with Crippen LogP contribution in [-0.2, 0) is 13.0 Å². The normalized spacial score (nSPS) is 11.4. The summed E-state index contributed by atoms with van der Waals surface area (Å²) in [5.41, 5.74) is 2.00. The van der Waals surface area contributed by atoms with Crippen molar-refractivity contribution in [3.05, 3.63) is 94.8 Å². The van der Waals surface area contributed by atoms with Crippen LogP contribution < -0.4 is 15.0 Å². The van der Waals surface area contributed by atoms with E-state index in [0.717, 1.165) is 27.4 Å². The molecule has 0 N–H and O–H groups in total. The van der Waals surface area contributed by atoms with Crippen molar-refractivity contribution < 1.29 is 9.47 Å². The van der Waals surface area contributed by atoms with E-state index < -0.39 is 0 Å². The number of halogens is 4. The van der Waals surface area contributed by atoms with Gasteiger partial charge in [0.25, 0.3) is 5.56 Å². The van der Waals surface area contributed by atoms with E-state index in [4.69, 9.17) is 37.7 Å². The van der Waals surface area contributed by atoms with E-state index in [1.165, 1.54) is 4.68 Å². The number of rotatable bonds is 9. The molecular weight excluding hydrogens is 645 g/mol. The Morgan fingerprint density at radius 1 is 1.05 bits per heavy atom. The number of unbranched alkanes of at least 4 members (excludes halogenated alkanes) is 1. The molecule has 0 bridgehead atoms. The van der Waals surface area contributed by atoms with Crippen LogP contribution in [0.1, 0.15) is 36.7 Å². The SMILES string of the molecule is CCCCc1nc2ccc(Br)cc2c(=O)n1N=Cc1cc(OC)c(OCc2ccc(Cl)c(Cl)c2)cc1Br. The lowest BCUT2D eigenvalue weighted by Gasteiger charge is -2.13. The number of aryl methyl sites for hydroxylation is 1. The van der Waals surface area contributed by atoms with E-state index in [0.29, 0.717) is 50.3 Å². The van der Waals surface area contributed by atoms with Crippen molar-refractivity contribution in [3.63, 3.8) is 0 Å². The summed E-state index contributed by atoms with van der Waals surface area (Å²) in [7, 11) is 1.56. The number of nitrogens with zero attached hydrogens (tertiary/aromatic N) is 3. The lowest BCUT2D eigenvalue weighted by molar-refractivity contribution is 0.284. The zero-order chi connectivity index (χ0) is 26.5. The van der Waals surface area contributed by atoms with Crippen molar-refractivity contribution in [1.29, 1.82) is 0 Å². The van der Waals surface area contributed by atoms with E-state index in [9.17, 15) is 4.79 Å². The minimum Gasteiger partial charge on any atom is -0.493 e. The van der Waals surface area contributed by atoms with Crippen molar-refractivity contribution >= 4 is 72.2 Å². The Bertz CT molecular complexity index is 1540. The van der Waals surface area contributed by atoms with Crippen LogP contribution >= 0.6 is 55.1 Å². The molecule has 3 aromatic carbocycles. The van der Waals surface area contributed by atoms with Gasteiger partial charge in [-0.25, -0.2) is 4.98 Å². The summed E-state index contributed by atoms with van der Waals surface area (Å²) in [4.78, 5) is 18.0. The van der Waals surface area contributed by atoms with E-state index in [2.05, 4.69) is 43.9 Å². The summed E-state index contributed by atoms with van der Waals surface area (Å²) in [6, 6.07) is 14.4. The van der Waals surface area contributed by atoms with E-state index in [1.54, 1.807) is 43.7 Å². The van der Waals surface area contributed by atoms with E-state index in [1.807, 2.05) is 18.2 Å². The van der Waals surface area contributed by atoms with Gasteiger partial charge in [-0.15, -0.1) is 0 Å². The maximum atomic E-state index is 13.3. The van der Waals surface area contributed by atoms with Crippen molar-refractivity contribution in [2.24, 2.45) is 5.10 Å². The van der Waals surface area contributed by atoms with Crippen molar-refractivity contribution in [1.82, 2.24) is 9.66 Å². The number of methoxy groups -OCH3 is 1. The van der Waals surface area contributed by atoms with Crippen LogP contribution in [0.2, 0.25) is 10.0 Å². The molecule has 0 fully saturated rings. The van der Waals surface area contributed by atoms with Gasteiger partial charge >= 0.3 is 0 Å². The Kier molecular flexibility index (Phi) is 9.29. The second-order valence-electron chi connectivity index (χ2n) is 8.22. The van der Waals surface area contributed by atoms with Gasteiger partial charge in [-0.05, 0) is 70.4 Å². The first kappa shape index (κ1) is 27.6. The predicted molar refractivity (Wildman–Crippen MR) is 157 cm³/mol. The Labute approximate surface area is 241 Å². The fourth-order valence-corrected chi connectivity index (χ4v) is 4.75. The number of fused-ring (bicyclic) bond motifs is 1. The molecule has 0 saturated heterocycles. The highest BCUT2D eigenvalue weighted by Crippen LogP contribution is 2.34. The van der Waals surface area contributed by atoms with E-state index in [-0.39, 0.29) is 12.2 Å². The number of hydrogen-bond donors (Lipinski definition) is 0. The molecule has 1 heterocycles. The summed E-state index contributed by atoms with van der Waals surface area (Å²) in [6.45, 7) is 2.38. The first-order chi connectivity index (χ1) is 17.8. The minimum atomic E-state index is -0.224. The molecule has 1 aromatic heterocycles. The van der Waals surface area contributed by atoms with Crippen LogP contribution in [0.3, 0.4) is 0 Å². The average Bonchev–Trinajstić information content (AvgIpc) is 2.88. The third-order valence-corrected chi connectivity index (χ3v) is 7.52. The van der Waals surface area contributed by atoms with Gasteiger partial charge in [0, 0.05) is 20.9 Å². The van der Waals surface area contributed by atoms with Gasteiger partial charge in [0.15, 0.2) is 11.5 Å². The van der Waals surface area contributed by atoms with Gasteiger partial charge in [0.2, 0.25) is 0 Å². The zero-order valence-electron chi connectivity index (χ0n) is 20.1. The molecule has 10 heteroatoms. The zero-order valence-corrected chi connectivity index (χ0v) is 24.8. The third kappa shape index (κ3) is 6.55. The van der Waals surface area contributed by atoms with Crippen LogP contribution in [0, 0.1) is 0 Å². The van der Waals surface area contributed by atoms with Gasteiger partial charge in [0.1, 0.15) is 12.4 Å². The summed E-state index contributed by atoms with van der Waals surface area (Å²) >= 11 is 19.1. The lowest BCUT2D eigenvalue weighted by atomic mass is 10.2. The van der Waals surface area contributed by atoms with Crippen molar-refractivity contribution in [2.45, 2.75) is 32.8 Å². The summed E-state index contributed by atoms with van der Waals surface area (Å²) < 4.78 is 14.4. The highest BCUT2D eigenvalue weighted by molar-refractivity contribution is 9.10. The Morgan fingerprint density at radius 3 is 2.59 bits per heavy atom. The second-order valence-corrected chi connectivity index (χ2v) is 10.8. The Morgan fingerprint density at radius 2 is 1.86 bits per heavy atom. The Hall–Kier alpha value is -2.39. The number of ether oxygens (including phenoxy) is 2. The third-order valence-electron chi connectivity index (χ3n) is 5.60. The molecule has 192 valence electrons. The van der Waals surface area contributed by atoms with Crippen LogP contribution in [0.25, 0.3) is 10.9 Å². The van der Waals surface area contributed by atoms with E-state index >= 15 is 0 Å². The highest BCUT2D eigenvalue weighted by Gasteiger charge is 2.13. The Balaban J connectivity index is 1.66. The molecule has 0 aliphatic heterocycles. The smallest absolute Gasteiger partial charge is 0.282 e. The number of benzene rings is 3. The maximum absolute atomic E-state index is 13.3. The molecule has 0 aliphatic carbocycles. The second kappa shape index (κ2) is 12.4. The largest absolute Gasteiger partial charge is 0.493 e. The average molecular weight is 668 g/mol. The van der Waals surface area contributed by atoms with Crippen molar-refractivity contribution in [3.8, 4) is 11.5 Å².